The zero-order valence-corrected chi connectivity index (χ0v) is 45.5. The summed E-state index contributed by atoms with van der Waals surface area (Å²) in [5.74, 6) is -0.417. The van der Waals surface area contributed by atoms with E-state index in [9.17, 15) is 9.59 Å². The van der Waals surface area contributed by atoms with Crippen LogP contribution in [-0.2, 0) is 25.5 Å². The van der Waals surface area contributed by atoms with Gasteiger partial charge in [0.05, 0.1) is 0 Å². The number of hydrogen-bond donors (Lipinski definition) is 2. The number of carbonyl (C=O) groups excluding carboxylic acids is 2. The van der Waals surface area contributed by atoms with Crippen molar-refractivity contribution in [3.63, 3.8) is 0 Å². The van der Waals surface area contributed by atoms with Crippen molar-refractivity contribution in [3.05, 3.63) is 203 Å². The van der Waals surface area contributed by atoms with Crippen LogP contribution in [0.3, 0.4) is 0 Å². The van der Waals surface area contributed by atoms with Gasteiger partial charge in [0.15, 0.2) is 0 Å². The molecule has 2 aliphatic carbocycles. The Morgan fingerprint density at radius 2 is 0.771 bits per heavy atom. The van der Waals surface area contributed by atoms with E-state index in [1.54, 1.807) is 0 Å². The molecule has 2 amide bonds. The standard InChI is InChI=1S/2C28H23.C6H11BN2O2.2ClH.Hf/c2*1-2-9-20-18-22-12-8-17-27(28(22)19-20)26-15-6-5-14-25(26)24-16-7-11-21-10-3-4-13-23(21)24;1-3-5(10)8-7-9-6(11)4-2;;;/h2*3-8,10-19H,2,9H2,1H3;3-4H2,1-2H3,(H-,8,9,10,11);2*1H;/q;;;;;+1/p-1. The minimum atomic E-state index is -6.37. The van der Waals surface area contributed by atoms with Gasteiger partial charge in [-0.1, -0.05) is 0 Å². The van der Waals surface area contributed by atoms with Crippen LogP contribution in [0.2, 0.25) is 0 Å². The van der Waals surface area contributed by atoms with Crippen LogP contribution in [0.25, 0.3) is 78.2 Å². The Labute approximate surface area is 421 Å². The van der Waals surface area contributed by atoms with Crippen molar-refractivity contribution < 1.29 is 25.5 Å². The Bertz CT molecular complexity index is 3180. The zero-order chi connectivity index (χ0) is 48.6. The normalized spacial score (nSPS) is 15.7. The molecule has 8 aromatic carbocycles. The molecule has 70 heavy (non-hydrogen) atoms. The van der Waals surface area contributed by atoms with Crippen LogP contribution >= 0.6 is 17.2 Å². The number of nitrogens with one attached hydrogen (secondary N) is 2. The summed E-state index contributed by atoms with van der Waals surface area (Å²) in [7, 11) is 18.3. The van der Waals surface area contributed by atoms with E-state index in [1.165, 1.54) is 32.7 Å². The van der Waals surface area contributed by atoms with E-state index in [0.29, 0.717) is 0 Å². The second-order valence-corrected chi connectivity index (χ2v) is 49.5. The van der Waals surface area contributed by atoms with Gasteiger partial charge in [0.25, 0.3) is 0 Å². The SMILES string of the molecule is CCCC1=Cc2c(-c3ccccc3-c3cccc4ccccc34)cccc2[CH]1[Hf]([Cl])([Cl])([B](NC(=O)CC)NC(=O)CC)[CH]1C(CCC)=Cc2c(-c3ccccc3-c3cccc4ccccc34)cccc21. The Morgan fingerprint density at radius 1 is 0.443 bits per heavy atom. The first-order valence-corrected chi connectivity index (χ1v) is 40.2. The number of rotatable bonds is 15. The molecule has 2 aliphatic rings. The fourth-order valence-electron chi connectivity index (χ4n) is 11.9. The molecule has 2 unspecified atom stereocenters. The van der Waals surface area contributed by atoms with Gasteiger partial charge in [0.1, 0.15) is 0 Å². The fourth-order valence-corrected chi connectivity index (χ4v) is 41.6. The predicted octanol–water partition coefficient (Wildman–Crippen LogP) is 16.9. The zero-order valence-electron chi connectivity index (χ0n) is 40.4. The molecule has 0 heterocycles. The summed E-state index contributed by atoms with van der Waals surface area (Å²) in [5, 5.41) is 11.5. The molecule has 0 radical (unpaired) electrons. The van der Waals surface area contributed by atoms with Gasteiger partial charge in [0.2, 0.25) is 0 Å². The van der Waals surface area contributed by atoms with Crippen LogP contribution < -0.4 is 10.5 Å². The topological polar surface area (TPSA) is 58.2 Å². The van der Waals surface area contributed by atoms with Crippen molar-refractivity contribution >= 4 is 67.2 Å². The van der Waals surface area contributed by atoms with E-state index >= 15 is 0 Å². The van der Waals surface area contributed by atoms with Gasteiger partial charge in [-0.05, 0) is 0 Å². The number of carbonyl (C=O) groups is 2. The van der Waals surface area contributed by atoms with Crippen molar-refractivity contribution in [2.45, 2.75) is 73.6 Å². The van der Waals surface area contributed by atoms with Crippen LogP contribution in [0.1, 0.15) is 95.8 Å². The fraction of sp³-hybridized carbons (Fsp3) is 0.194. The molecule has 0 bridgehead atoms. The Balaban J connectivity index is 1.23. The van der Waals surface area contributed by atoms with Gasteiger partial charge < -0.3 is 0 Å². The van der Waals surface area contributed by atoms with Crippen molar-refractivity contribution in [2.75, 3.05) is 0 Å². The third-order valence-electron chi connectivity index (χ3n) is 14.9. The molecule has 0 aromatic heterocycles. The van der Waals surface area contributed by atoms with E-state index in [1.807, 2.05) is 13.8 Å². The summed E-state index contributed by atoms with van der Waals surface area (Å²) in [6.45, 7) is 8.07. The number of halogens is 2. The van der Waals surface area contributed by atoms with Gasteiger partial charge >= 0.3 is 425 Å². The number of amides is 2. The monoisotopic (exact) mass is 1120 g/mol. The first-order valence-electron chi connectivity index (χ1n) is 25.1. The molecule has 8 aromatic rings. The maximum absolute atomic E-state index is 14.1. The average Bonchev–Trinajstić information content (AvgIpc) is 3.98. The van der Waals surface area contributed by atoms with Crippen molar-refractivity contribution in [1.82, 2.24) is 10.5 Å². The van der Waals surface area contributed by atoms with E-state index in [0.717, 1.165) is 92.5 Å². The third-order valence-corrected chi connectivity index (χ3v) is 43.4. The minimum absolute atomic E-state index is 0.209. The molecule has 4 nitrogen and oxygen atoms in total. The number of fused-ring (bicyclic) bond motifs is 4. The second-order valence-electron chi connectivity index (χ2n) is 19.1. The Kier molecular flexibility index (Phi) is 13.5. The summed E-state index contributed by atoms with van der Waals surface area (Å²) in [6, 6.07) is 60.6. The van der Waals surface area contributed by atoms with Crippen LogP contribution in [-0.4, -0.2) is 16.4 Å². The van der Waals surface area contributed by atoms with Gasteiger partial charge in [0, 0.05) is 0 Å². The van der Waals surface area contributed by atoms with Crippen LogP contribution in [0.4, 0.5) is 0 Å². The third kappa shape index (κ3) is 8.24. The summed E-state index contributed by atoms with van der Waals surface area (Å²) < 4.78 is -1.91. The maximum atomic E-state index is 14.1. The predicted molar refractivity (Wildman–Crippen MR) is 295 cm³/mol. The average molecular weight is 1120 g/mol. The summed E-state index contributed by atoms with van der Waals surface area (Å²) in [6.07, 6.45) is 8.35. The molecule has 349 valence electrons. The Hall–Kier alpha value is -5.78. The molecule has 10 rings (SSSR count). The van der Waals surface area contributed by atoms with Gasteiger partial charge in [-0.3, -0.25) is 0 Å². The van der Waals surface area contributed by atoms with E-state index in [2.05, 4.69) is 206 Å². The quantitative estimate of drug-likeness (QED) is 0.101. The van der Waals surface area contributed by atoms with Gasteiger partial charge in [-0.25, -0.2) is 0 Å². The van der Waals surface area contributed by atoms with Crippen molar-refractivity contribution in [1.29, 1.82) is 0 Å². The molecule has 2 N–H and O–H groups in total. The molecule has 0 saturated carbocycles. The van der Waals surface area contributed by atoms with Gasteiger partial charge in [-0.2, -0.15) is 0 Å². The molecule has 0 spiro atoms. The van der Waals surface area contributed by atoms with Crippen molar-refractivity contribution in [2.24, 2.45) is 0 Å². The van der Waals surface area contributed by atoms with Crippen LogP contribution in [0.5, 0.6) is 0 Å². The van der Waals surface area contributed by atoms with E-state index in [4.69, 9.17) is 17.2 Å². The molecule has 2 atom stereocenters. The molecule has 0 fully saturated rings. The summed E-state index contributed by atoms with van der Waals surface area (Å²) >= 11 is -6.37. The van der Waals surface area contributed by atoms with Gasteiger partial charge in [-0.15, -0.1) is 0 Å². The summed E-state index contributed by atoms with van der Waals surface area (Å²) in [4.78, 5) is 28.1. The van der Waals surface area contributed by atoms with Crippen molar-refractivity contribution in [3.8, 4) is 44.5 Å². The van der Waals surface area contributed by atoms with Crippen LogP contribution in [0, 0.1) is 0 Å². The molecule has 8 heteroatoms. The van der Waals surface area contributed by atoms with Crippen LogP contribution in [0.15, 0.2) is 181 Å². The first-order chi connectivity index (χ1) is 34.1. The molecular weight excluding hydrogens is 1060 g/mol. The number of hydrogen-bond acceptors (Lipinski definition) is 2. The number of allylic oxidation sites excluding steroid dienone is 2. The first kappa shape index (κ1) is 47.9. The van der Waals surface area contributed by atoms with E-state index in [-0.39, 0.29) is 24.7 Å². The second kappa shape index (κ2) is 19.8. The van der Waals surface area contributed by atoms with E-state index < -0.39 is 27.8 Å². The molecular formula is C62H58BCl2HfN2O2. The molecule has 0 saturated heterocycles. The summed E-state index contributed by atoms with van der Waals surface area (Å²) in [5.41, 5.74) is 15.6. The molecule has 0 aliphatic heterocycles. The Morgan fingerprint density at radius 3 is 1.17 bits per heavy atom. The number of benzene rings is 8.